The van der Waals surface area contributed by atoms with Crippen LogP contribution in [0.4, 0.5) is 5.69 Å². The normalized spacial score (nSPS) is 10.7. The third-order valence-corrected chi connectivity index (χ3v) is 3.99. The second kappa shape index (κ2) is 7.04. The van der Waals surface area contributed by atoms with E-state index in [4.69, 9.17) is 4.42 Å². The van der Waals surface area contributed by atoms with Gasteiger partial charge in [-0.15, -0.1) is 27.0 Å². The van der Waals surface area contributed by atoms with Gasteiger partial charge in [0.1, 0.15) is 6.33 Å². The highest BCUT2D eigenvalue weighted by molar-refractivity contribution is 7.98. The molecule has 0 fully saturated rings. The average molecular weight is 344 g/mol. The molecule has 24 heavy (non-hydrogen) atoms. The predicted octanol–water partition coefficient (Wildman–Crippen LogP) is 2.71. The van der Waals surface area contributed by atoms with Crippen LogP contribution >= 0.6 is 11.8 Å². The lowest BCUT2D eigenvalue weighted by atomic mass is 10.2. The zero-order chi connectivity index (χ0) is 16.9. The van der Waals surface area contributed by atoms with Crippen LogP contribution in [0.25, 0.3) is 11.5 Å². The van der Waals surface area contributed by atoms with Crippen LogP contribution in [0.15, 0.2) is 52.8 Å². The van der Waals surface area contributed by atoms with E-state index in [0.717, 1.165) is 5.16 Å². The fraction of sp³-hybridized carbons (Fsp3) is 0.143. The Morgan fingerprint density at radius 2 is 2.08 bits per heavy atom. The zero-order valence-electron chi connectivity index (χ0n) is 12.4. The molecule has 0 spiro atoms. The van der Waals surface area contributed by atoms with E-state index in [1.54, 1.807) is 24.5 Å². The van der Waals surface area contributed by atoms with Gasteiger partial charge in [-0.2, -0.15) is 0 Å². The van der Waals surface area contributed by atoms with Crippen LogP contribution in [-0.4, -0.2) is 29.9 Å². The molecule has 0 aliphatic carbocycles. The number of nitro groups is 1. The number of aromatic nitrogens is 5. The molecule has 0 aliphatic rings. The molecule has 3 rings (SSSR count). The Balaban J connectivity index is 1.68. The van der Waals surface area contributed by atoms with Gasteiger partial charge in [-0.05, 0) is 12.1 Å². The topological polar surface area (TPSA) is 113 Å². The Bertz CT molecular complexity index is 858. The van der Waals surface area contributed by atoms with Crippen molar-refractivity contribution in [3.05, 3.63) is 59.3 Å². The van der Waals surface area contributed by atoms with E-state index in [9.17, 15) is 10.1 Å². The number of nitrogens with zero attached hydrogens (tertiary/aromatic N) is 6. The molecule has 0 saturated carbocycles. The van der Waals surface area contributed by atoms with Gasteiger partial charge >= 0.3 is 0 Å². The summed E-state index contributed by atoms with van der Waals surface area (Å²) in [5.41, 5.74) is 0.634. The zero-order valence-corrected chi connectivity index (χ0v) is 13.2. The predicted molar refractivity (Wildman–Crippen MR) is 86.2 cm³/mol. The average Bonchev–Trinajstić information content (AvgIpc) is 3.23. The number of non-ortho nitro benzene ring substituents is 1. The van der Waals surface area contributed by atoms with Crippen LogP contribution in [0.5, 0.6) is 0 Å². The minimum absolute atomic E-state index is 0.00981. The van der Waals surface area contributed by atoms with Crippen LogP contribution < -0.4 is 0 Å². The summed E-state index contributed by atoms with van der Waals surface area (Å²) in [5.74, 6) is 1.19. The molecule has 122 valence electrons. The highest BCUT2D eigenvalue weighted by Gasteiger charge is 2.12. The number of rotatable bonds is 7. The fourth-order valence-corrected chi connectivity index (χ4v) is 2.66. The minimum Gasteiger partial charge on any atom is -0.420 e. The fourth-order valence-electron chi connectivity index (χ4n) is 1.90. The van der Waals surface area contributed by atoms with Gasteiger partial charge in [0.2, 0.25) is 11.8 Å². The largest absolute Gasteiger partial charge is 0.420 e. The molecule has 2 heterocycles. The molecule has 0 atom stereocenters. The van der Waals surface area contributed by atoms with Crippen molar-refractivity contribution >= 4 is 17.4 Å². The molecule has 0 N–H and O–H groups in total. The Labute approximate surface area is 140 Å². The van der Waals surface area contributed by atoms with E-state index >= 15 is 0 Å². The van der Waals surface area contributed by atoms with Gasteiger partial charge < -0.3 is 8.98 Å². The van der Waals surface area contributed by atoms with Crippen molar-refractivity contribution in [2.45, 2.75) is 17.5 Å². The van der Waals surface area contributed by atoms with Crippen molar-refractivity contribution in [2.24, 2.45) is 0 Å². The maximum absolute atomic E-state index is 10.7. The van der Waals surface area contributed by atoms with Crippen LogP contribution in [-0.2, 0) is 12.3 Å². The van der Waals surface area contributed by atoms with E-state index in [1.165, 1.54) is 23.9 Å². The SMILES string of the molecule is C=CCn1cnnc1SCc1nnc(-c2ccc([N+](=O)[O-])cc2)o1. The van der Waals surface area contributed by atoms with Crippen molar-refractivity contribution in [1.82, 2.24) is 25.0 Å². The molecule has 3 aromatic rings. The van der Waals surface area contributed by atoms with Gasteiger partial charge in [-0.1, -0.05) is 17.8 Å². The summed E-state index contributed by atoms with van der Waals surface area (Å²) in [6, 6.07) is 5.93. The number of hydrogen-bond acceptors (Lipinski definition) is 8. The smallest absolute Gasteiger partial charge is 0.269 e. The number of hydrogen-bond donors (Lipinski definition) is 0. The molecule has 2 aromatic heterocycles. The van der Waals surface area contributed by atoms with Gasteiger partial charge in [-0.25, -0.2) is 0 Å². The number of nitro benzene ring substituents is 1. The maximum Gasteiger partial charge on any atom is 0.269 e. The lowest BCUT2D eigenvalue weighted by Crippen LogP contribution is -1.95. The van der Waals surface area contributed by atoms with Crippen molar-refractivity contribution in [3.63, 3.8) is 0 Å². The molecule has 9 nitrogen and oxygen atoms in total. The molecule has 0 saturated heterocycles. The Hall–Kier alpha value is -3.01. The molecule has 0 bridgehead atoms. The van der Waals surface area contributed by atoms with E-state index in [-0.39, 0.29) is 5.69 Å². The first-order chi connectivity index (χ1) is 11.7. The highest BCUT2D eigenvalue weighted by atomic mass is 32.2. The Morgan fingerprint density at radius 3 is 2.79 bits per heavy atom. The summed E-state index contributed by atoms with van der Waals surface area (Å²) in [6.07, 6.45) is 3.38. The van der Waals surface area contributed by atoms with Gasteiger partial charge in [0, 0.05) is 24.2 Å². The standard InChI is InChI=1S/C14H12N6O3S/c1-2-7-19-9-15-18-14(19)24-8-12-16-17-13(23-12)10-3-5-11(6-4-10)20(21)22/h2-6,9H,1,7-8H2. The van der Waals surface area contributed by atoms with Gasteiger partial charge in [-0.3, -0.25) is 10.1 Å². The lowest BCUT2D eigenvalue weighted by molar-refractivity contribution is -0.384. The third kappa shape index (κ3) is 3.49. The van der Waals surface area contributed by atoms with Crippen LogP contribution in [0.1, 0.15) is 5.89 Å². The van der Waals surface area contributed by atoms with E-state index in [0.29, 0.717) is 29.6 Å². The number of benzene rings is 1. The van der Waals surface area contributed by atoms with E-state index in [1.807, 2.05) is 4.57 Å². The minimum atomic E-state index is -0.459. The second-order valence-corrected chi connectivity index (χ2v) is 5.59. The Kier molecular flexibility index (Phi) is 4.66. The molecule has 10 heteroatoms. The highest BCUT2D eigenvalue weighted by Crippen LogP contribution is 2.24. The van der Waals surface area contributed by atoms with Crippen LogP contribution in [0.3, 0.4) is 0 Å². The first kappa shape index (κ1) is 15.9. The molecule has 0 radical (unpaired) electrons. The van der Waals surface area contributed by atoms with Gasteiger partial charge in [0.25, 0.3) is 5.69 Å². The van der Waals surface area contributed by atoms with Crippen molar-refractivity contribution in [3.8, 4) is 11.5 Å². The molecular weight excluding hydrogens is 332 g/mol. The molecule has 1 aromatic carbocycles. The van der Waals surface area contributed by atoms with Crippen molar-refractivity contribution in [1.29, 1.82) is 0 Å². The van der Waals surface area contributed by atoms with E-state index < -0.39 is 4.92 Å². The molecule has 0 unspecified atom stereocenters. The number of thioether (sulfide) groups is 1. The van der Waals surface area contributed by atoms with Gasteiger partial charge in [0.15, 0.2) is 5.16 Å². The first-order valence-corrected chi connectivity index (χ1v) is 7.84. The summed E-state index contributed by atoms with van der Waals surface area (Å²) in [7, 11) is 0. The van der Waals surface area contributed by atoms with Crippen LogP contribution in [0.2, 0.25) is 0 Å². The van der Waals surface area contributed by atoms with Gasteiger partial charge in [0.05, 0.1) is 10.7 Å². The van der Waals surface area contributed by atoms with Crippen molar-refractivity contribution < 1.29 is 9.34 Å². The molecular formula is C14H12N6O3S. The molecule has 0 aliphatic heterocycles. The van der Waals surface area contributed by atoms with Crippen LogP contribution in [0, 0.1) is 10.1 Å². The summed E-state index contributed by atoms with van der Waals surface area (Å²) in [5, 5.41) is 27.2. The summed E-state index contributed by atoms with van der Waals surface area (Å²) in [4.78, 5) is 10.2. The monoisotopic (exact) mass is 344 g/mol. The first-order valence-electron chi connectivity index (χ1n) is 6.86. The second-order valence-electron chi connectivity index (χ2n) is 4.65. The quantitative estimate of drug-likeness (QED) is 0.278. The lowest BCUT2D eigenvalue weighted by Gasteiger charge is -2.00. The van der Waals surface area contributed by atoms with E-state index in [2.05, 4.69) is 27.0 Å². The molecule has 0 amide bonds. The maximum atomic E-state index is 10.7. The summed E-state index contributed by atoms with van der Waals surface area (Å²) in [6.45, 7) is 4.30. The summed E-state index contributed by atoms with van der Waals surface area (Å²) < 4.78 is 7.43. The third-order valence-electron chi connectivity index (χ3n) is 3.02. The Morgan fingerprint density at radius 1 is 1.29 bits per heavy atom. The van der Waals surface area contributed by atoms with Crippen molar-refractivity contribution in [2.75, 3.05) is 0 Å². The summed E-state index contributed by atoms with van der Waals surface area (Å²) >= 11 is 1.42. The number of allylic oxidation sites excluding steroid dienone is 1.